The van der Waals surface area contributed by atoms with Crippen LogP contribution in [-0.4, -0.2) is 47.8 Å². The summed E-state index contributed by atoms with van der Waals surface area (Å²) < 4.78 is 5.24. The molecule has 6 heteroatoms. The average molecular weight is 367 g/mol. The fourth-order valence-electron chi connectivity index (χ4n) is 2.19. The van der Waals surface area contributed by atoms with Crippen LogP contribution in [0.5, 0.6) is 0 Å². The summed E-state index contributed by atoms with van der Waals surface area (Å²) in [5, 5.41) is 9.64. The van der Waals surface area contributed by atoms with E-state index in [-0.39, 0.29) is 6.47 Å². The molecule has 1 aromatic rings. The van der Waals surface area contributed by atoms with E-state index in [4.69, 9.17) is 14.6 Å². The molecule has 0 fully saturated rings. The standard InChI is InChI=1S/C19H32N2O2.CH2O2/c1-14(2)15(3)21(7)13-12-16-8-10-17(11-9-16)20-18(22)23-19(4,5)6;2-1-3/h8-11,14-15H,12-13H2,1-7H3,(H,20,22);1H,(H,2,3). The monoisotopic (exact) mass is 366 g/mol. The quantitative estimate of drug-likeness (QED) is 0.736. The molecule has 1 amide bonds. The minimum absolute atomic E-state index is 0.250. The maximum atomic E-state index is 11.7. The van der Waals surface area contributed by atoms with Gasteiger partial charge in [-0.25, -0.2) is 4.79 Å². The summed E-state index contributed by atoms with van der Waals surface area (Å²) in [7, 11) is 2.17. The van der Waals surface area contributed by atoms with Gasteiger partial charge >= 0.3 is 6.09 Å². The van der Waals surface area contributed by atoms with E-state index >= 15 is 0 Å². The normalized spacial score (nSPS) is 12.2. The van der Waals surface area contributed by atoms with Crippen molar-refractivity contribution in [3.05, 3.63) is 29.8 Å². The van der Waals surface area contributed by atoms with Crippen molar-refractivity contribution in [3.63, 3.8) is 0 Å². The molecule has 0 aliphatic rings. The Labute approximate surface area is 157 Å². The summed E-state index contributed by atoms with van der Waals surface area (Å²) in [6.07, 6.45) is 0.580. The Bertz CT molecular complexity index is 536. The lowest BCUT2D eigenvalue weighted by Crippen LogP contribution is -2.34. The van der Waals surface area contributed by atoms with Crippen LogP contribution in [0, 0.1) is 5.92 Å². The van der Waals surface area contributed by atoms with Gasteiger partial charge in [0.05, 0.1) is 0 Å². The summed E-state index contributed by atoms with van der Waals surface area (Å²) in [6, 6.07) is 8.53. The lowest BCUT2D eigenvalue weighted by Gasteiger charge is -2.27. The van der Waals surface area contributed by atoms with Crippen LogP contribution in [0.2, 0.25) is 0 Å². The van der Waals surface area contributed by atoms with Gasteiger partial charge in [-0.2, -0.15) is 0 Å². The summed E-state index contributed by atoms with van der Waals surface area (Å²) in [4.78, 5) is 22.5. The largest absolute Gasteiger partial charge is 0.483 e. The molecule has 0 aromatic heterocycles. The number of nitrogens with zero attached hydrogens (tertiary/aromatic N) is 1. The molecular formula is C20H34N2O4. The van der Waals surface area contributed by atoms with E-state index in [1.54, 1.807) is 0 Å². The molecule has 0 aliphatic carbocycles. The van der Waals surface area contributed by atoms with Crippen LogP contribution in [0.4, 0.5) is 10.5 Å². The molecule has 0 saturated heterocycles. The van der Waals surface area contributed by atoms with Crippen LogP contribution in [0.3, 0.4) is 0 Å². The molecule has 0 aliphatic heterocycles. The maximum Gasteiger partial charge on any atom is 0.412 e. The number of amides is 1. The molecule has 0 heterocycles. The minimum Gasteiger partial charge on any atom is -0.483 e. The van der Waals surface area contributed by atoms with Gasteiger partial charge in [0.2, 0.25) is 0 Å². The molecule has 148 valence electrons. The van der Waals surface area contributed by atoms with Crippen LogP contribution in [-0.2, 0) is 16.0 Å². The van der Waals surface area contributed by atoms with Gasteiger partial charge < -0.3 is 14.7 Å². The second-order valence-corrected chi connectivity index (χ2v) is 7.64. The Hall–Kier alpha value is -2.08. The zero-order valence-corrected chi connectivity index (χ0v) is 17.1. The predicted octanol–water partition coefficient (Wildman–Crippen LogP) is 4.25. The predicted molar refractivity (Wildman–Crippen MR) is 106 cm³/mol. The molecule has 1 aromatic carbocycles. The Kier molecular flexibility index (Phi) is 10.6. The molecule has 26 heavy (non-hydrogen) atoms. The molecule has 0 spiro atoms. The van der Waals surface area contributed by atoms with Crippen LogP contribution in [0.15, 0.2) is 24.3 Å². The summed E-state index contributed by atoms with van der Waals surface area (Å²) in [5.41, 5.74) is 1.54. The number of carboxylic acid groups (broad SMARTS) is 1. The maximum absolute atomic E-state index is 11.7. The van der Waals surface area contributed by atoms with Gasteiger partial charge in [-0.3, -0.25) is 10.1 Å². The van der Waals surface area contributed by atoms with Crippen molar-refractivity contribution in [1.29, 1.82) is 0 Å². The highest BCUT2D eigenvalue weighted by Gasteiger charge is 2.16. The second-order valence-electron chi connectivity index (χ2n) is 7.64. The van der Waals surface area contributed by atoms with E-state index in [1.807, 2.05) is 32.9 Å². The topological polar surface area (TPSA) is 78.9 Å². The number of carbonyl (C=O) groups excluding carboxylic acids is 1. The number of benzene rings is 1. The summed E-state index contributed by atoms with van der Waals surface area (Å²) in [5.74, 6) is 0.653. The number of ether oxygens (including phenoxy) is 1. The van der Waals surface area contributed by atoms with E-state index in [2.05, 4.69) is 50.2 Å². The lowest BCUT2D eigenvalue weighted by molar-refractivity contribution is -0.122. The van der Waals surface area contributed by atoms with Crippen LogP contribution < -0.4 is 5.32 Å². The van der Waals surface area contributed by atoms with Gasteiger partial charge in [-0.05, 0) is 64.8 Å². The molecule has 1 unspecified atom stereocenters. The first-order chi connectivity index (χ1) is 12.0. The van der Waals surface area contributed by atoms with Gasteiger partial charge in [-0.15, -0.1) is 0 Å². The number of carbonyl (C=O) groups is 2. The number of rotatable bonds is 6. The number of anilines is 1. The molecular weight excluding hydrogens is 332 g/mol. The van der Waals surface area contributed by atoms with Crippen molar-refractivity contribution in [3.8, 4) is 0 Å². The van der Waals surface area contributed by atoms with Gasteiger partial charge in [0.25, 0.3) is 6.47 Å². The van der Waals surface area contributed by atoms with Gasteiger partial charge in [-0.1, -0.05) is 26.0 Å². The highest BCUT2D eigenvalue weighted by molar-refractivity contribution is 5.84. The van der Waals surface area contributed by atoms with Crippen molar-refractivity contribution in [2.45, 2.75) is 59.6 Å². The first-order valence-electron chi connectivity index (χ1n) is 8.87. The SMILES string of the molecule is CC(C)C(C)N(C)CCc1ccc(NC(=O)OC(C)(C)C)cc1.O=CO. The first kappa shape index (κ1) is 23.9. The molecule has 1 rings (SSSR count). The van der Waals surface area contributed by atoms with Crippen molar-refractivity contribution >= 4 is 18.3 Å². The summed E-state index contributed by atoms with van der Waals surface area (Å²) >= 11 is 0. The number of likely N-dealkylation sites (N-methyl/N-ethyl adjacent to an activating group) is 1. The Morgan fingerprint density at radius 1 is 1.23 bits per heavy atom. The van der Waals surface area contributed by atoms with Crippen molar-refractivity contribution in [1.82, 2.24) is 4.90 Å². The van der Waals surface area contributed by atoms with Crippen molar-refractivity contribution < 1.29 is 19.4 Å². The van der Waals surface area contributed by atoms with Crippen LogP contribution in [0.25, 0.3) is 0 Å². The minimum atomic E-state index is -0.484. The smallest absolute Gasteiger partial charge is 0.412 e. The third-order valence-electron chi connectivity index (χ3n) is 4.01. The lowest BCUT2D eigenvalue weighted by atomic mass is 10.0. The highest BCUT2D eigenvalue weighted by Crippen LogP contribution is 2.14. The Balaban J connectivity index is 0.00000194. The molecule has 1 atom stereocenters. The number of nitrogens with one attached hydrogen (secondary N) is 1. The molecule has 0 radical (unpaired) electrons. The van der Waals surface area contributed by atoms with Crippen molar-refractivity contribution in [2.24, 2.45) is 5.92 Å². The fraction of sp³-hybridized carbons (Fsp3) is 0.600. The fourth-order valence-corrected chi connectivity index (χ4v) is 2.19. The van der Waals surface area contributed by atoms with E-state index in [1.165, 1.54) is 5.56 Å². The molecule has 2 N–H and O–H groups in total. The zero-order valence-electron chi connectivity index (χ0n) is 17.1. The highest BCUT2D eigenvalue weighted by atomic mass is 16.6. The van der Waals surface area contributed by atoms with E-state index < -0.39 is 11.7 Å². The first-order valence-corrected chi connectivity index (χ1v) is 8.87. The van der Waals surface area contributed by atoms with Gasteiger partial charge in [0, 0.05) is 18.3 Å². The second kappa shape index (κ2) is 11.5. The van der Waals surface area contributed by atoms with Crippen LogP contribution >= 0.6 is 0 Å². The van der Waals surface area contributed by atoms with E-state index in [9.17, 15) is 4.79 Å². The average Bonchev–Trinajstić information content (AvgIpc) is 2.52. The van der Waals surface area contributed by atoms with Gasteiger partial charge in [0.15, 0.2) is 0 Å². The third kappa shape index (κ3) is 10.7. The van der Waals surface area contributed by atoms with E-state index in [0.717, 1.165) is 18.7 Å². The zero-order chi connectivity index (χ0) is 20.3. The molecule has 0 saturated carbocycles. The third-order valence-corrected chi connectivity index (χ3v) is 4.01. The number of hydrogen-bond donors (Lipinski definition) is 2. The van der Waals surface area contributed by atoms with Crippen LogP contribution in [0.1, 0.15) is 47.1 Å². The van der Waals surface area contributed by atoms with Crippen molar-refractivity contribution in [2.75, 3.05) is 18.9 Å². The Morgan fingerprint density at radius 3 is 2.15 bits per heavy atom. The van der Waals surface area contributed by atoms with Gasteiger partial charge in [0.1, 0.15) is 5.60 Å². The Morgan fingerprint density at radius 2 is 1.73 bits per heavy atom. The molecule has 0 bridgehead atoms. The summed E-state index contributed by atoms with van der Waals surface area (Å²) in [6.45, 7) is 13.1. The number of hydrogen-bond acceptors (Lipinski definition) is 4. The molecule has 6 nitrogen and oxygen atoms in total. The van der Waals surface area contributed by atoms with E-state index in [0.29, 0.717) is 12.0 Å².